The van der Waals surface area contributed by atoms with Crippen molar-refractivity contribution in [3.63, 3.8) is 0 Å². The van der Waals surface area contributed by atoms with Crippen molar-refractivity contribution in [2.24, 2.45) is 0 Å². The van der Waals surface area contributed by atoms with E-state index in [1.165, 1.54) is 13.8 Å². The fraction of sp³-hybridized carbons (Fsp3) is 0.238. The molecule has 0 saturated carbocycles. The van der Waals surface area contributed by atoms with Gasteiger partial charge in [0.2, 0.25) is 5.78 Å². The summed E-state index contributed by atoms with van der Waals surface area (Å²) >= 11 is 0. The molecular weight excluding hydrogens is 316 g/mol. The molecule has 0 saturated heterocycles. The fourth-order valence-electron chi connectivity index (χ4n) is 2.33. The molecule has 0 fully saturated rings. The molecule has 2 rings (SSSR count). The first-order chi connectivity index (χ1) is 11.8. The summed E-state index contributed by atoms with van der Waals surface area (Å²) < 4.78 is 0. The molecule has 0 spiro atoms. The third-order valence-electron chi connectivity index (χ3n) is 3.68. The van der Waals surface area contributed by atoms with Crippen LogP contribution in [0.5, 0.6) is 0 Å². The molecule has 0 aliphatic heterocycles. The number of benzene rings is 2. The minimum Gasteiger partial charge on any atom is -0.384 e. The fourth-order valence-corrected chi connectivity index (χ4v) is 2.33. The molecule has 2 aromatic rings. The first-order valence-electron chi connectivity index (χ1n) is 7.90. The number of hydrogen-bond donors (Lipinski definition) is 2. The van der Waals surface area contributed by atoms with Gasteiger partial charge in [0.1, 0.15) is 12.2 Å². The molecule has 2 aromatic carbocycles. The van der Waals surface area contributed by atoms with Crippen LogP contribution in [0.15, 0.2) is 48.5 Å². The van der Waals surface area contributed by atoms with Gasteiger partial charge in [-0.3, -0.25) is 9.59 Å². The SMILES string of the molecule is CC(C)(O)C(=O)c1ccc(Cc2ccc(C(=O)C#CCO)cc2)cc1. The summed E-state index contributed by atoms with van der Waals surface area (Å²) in [5.74, 6) is 4.05. The Bertz CT molecular complexity index is 813. The predicted molar refractivity (Wildman–Crippen MR) is 95.5 cm³/mol. The molecule has 0 radical (unpaired) electrons. The number of carbonyl (C=O) groups excluding carboxylic acids is 2. The van der Waals surface area contributed by atoms with Crippen LogP contribution in [0.1, 0.15) is 45.7 Å². The van der Waals surface area contributed by atoms with Crippen LogP contribution in [-0.4, -0.2) is 34.0 Å². The lowest BCUT2D eigenvalue weighted by molar-refractivity contribution is 0.0488. The minimum atomic E-state index is -1.39. The highest BCUT2D eigenvalue weighted by Crippen LogP contribution is 2.16. The lowest BCUT2D eigenvalue weighted by atomic mass is 9.95. The van der Waals surface area contributed by atoms with E-state index < -0.39 is 5.60 Å². The molecule has 0 bridgehead atoms. The molecule has 25 heavy (non-hydrogen) atoms. The highest BCUT2D eigenvalue weighted by Gasteiger charge is 2.24. The van der Waals surface area contributed by atoms with Crippen LogP contribution in [-0.2, 0) is 6.42 Å². The van der Waals surface area contributed by atoms with Gasteiger partial charge in [0.25, 0.3) is 0 Å². The first kappa shape index (κ1) is 18.6. The van der Waals surface area contributed by atoms with E-state index in [-0.39, 0.29) is 18.2 Å². The molecule has 0 amide bonds. The third-order valence-corrected chi connectivity index (χ3v) is 3.68. The smallest absolute Gasteiger partial charge is 0.235 e. The molecule has 0 atom stereocenters. The maximum absolute atomic E-state index is 12.0. The second-order valence-electron chi connectivity index (χ2n) is 6.25. The summed E-state index contributed by atoms with van der Waals surface area (Å²) in [7, 11) is 0. The molecule has 4 nitrogen and oxygen atoms in total. The molecule has 0 unspecified atom stereocenters. The van der Waals surface area contributed by atoms with Crippen molar-refractivity contribution in [3.8, 4) is 11.8 Å². The van der Waals surface area contributed by atoms with E-state index >= 15 is 0 Å². The van der Waals surface area contributed by atoms with Gasteiger partial charge in [-0.25, -0.2) is 0 Å². The Morgan fingerprint density at radius 1 is 0.920 bits per heavy atom. The summed E-state index contributed by atoms with van der Waals surface area (Å²) in [6.45, 7) is 2.60. The number of Topliss-reactive ketones (excluding diaryl/α,β-unsaturated/α-hetero) is 2. The maximum Gasteiger partial charge on any atom is 0.235 e. The van der Waals surface area contributed by atoms with Crippen LogP contribution in [0, 0.1) is 11.8 Å². The lowest BCUT2D eigenvalue weighted by Crippen LogP contribution is -2.31. The van der Waals surface area contributed by atoms with Gasteiger partial charge in [0.15, 0.2) is 5.78 Å². The normalized spacial score (nSPS) is 10.7. The van der Waals surface area contributed by atoms with Gasteiger partial charge >= 0.3 is 0 Å². The number of hydrogen-bond acceptors (Lipinski definition) is 4. The van der Waals surface area contributed by atoms with Gasteiger partial charge < -0.3 is 10.2 Å². The van der Waals surface area contributed by atoms with Crippen molar-refractivity contribution in [1.29, 1.82) is 0 Å². The molecule has 4 heteroatoms. The van der Waals surface area contributed by atoms with Crippen molar-refractivity contribution in [3.05, 3.63) is 70.8 Å². The summed E-state index contributed by atoms with van der Waals surface area (Å²) in [5.41, 5.74) is 1.61. The molecule has 0 aliphatic rings. The summed E-state index contributed by atoms with van der Waals surface area (Å²) in [5, 5.41) is 18.4. The predicted octanol–water partition coefficient (Wildman–Crippen LogP) is 2.41. The van der Waals surface area contributed by atoms with Crippen molar-refractivity contribution in [2.75, 3.05) is 6.61 Å². The Kier molecular flexibility index (Phi) is 5.87. The van der Waals surface area contributed by atoms with E-state index in [1.54, 1.807) is 24.3 Å². The average Bonchev–Trinajstić information content (AvgIpc) is 2.59. The Morgan fingerprint density at radius 3 is 1.84 bits per heavy atom. The largest absolute Gasteiger partial charge is 0.384 e. The zero-order valence-electron chi connectivity index (χ0n) is 14.2. The zero-order valence-corrected chi connectivity index (χ0v) is 14.2. The van der Waals surface area contributed by atoms with Crippen LogP contribution in [0.25, 0.3) is 0 Å². The average molecular weight is 336 g/mol. The molecule has 0 heterocycles. The van der Waals surface area contributed by atoms with E-state index in [1.807, 2.05) is 24.3 Å². The topological polar surface area (TPSA) is 74.6 Å². The van der Waals surface area contributed by atoms with Crippen molar-refractivity contribution < 1.29 is 19.8 Å². The Balaban J connectivity index is 2.07. The van der Waals surface area contributed by atoms with Gasteiger partial charge in [0.05, 0.1) is 0 Å². The van der Waals surface area contributed by atoms with Crippen molar-refractivity contribution in [2.45, 2.75) is 25.9 Å². The van der Waals surface area contributed by atoms with Crippen LogP contribution in [0.3, 0.4) is 0 Å². The van der Waals surface area contributed by atoms with Crippen LogP contribution < -0.4 is 0 Å². The van der Waals surface area contributed by atoms with Crippen LogP contribution in [0.4, 0.5) is 0 Å². The summed E-state index contributed by atoms with van der Waals surface area (Å²) in [6, 6.07) is 14.2. The molecule has 0 aromatic heterocycles. The van der Waals surface area contributed by atoms with Gasteiger partial charge in [0, 0.05) is 11.1 Å². The number of ketones is 2. The van der Waals surface area contributed by atoms with E-state index in [9.17, 15) is 14.7 Å². The molecule has 128 valence electrons. The van der Waals surface area contributed by atoms with Crippen molar-refractivity contribution in [1.82, 2.24) is 0 Å². The van der Waals surface area contributed by atoms with E-state index in [0.717, 1.165) is 11.1 Å². The molecular formula is C21H20O4. The van der Waals surface area contributed by atoms with Gasteiger partial charge in [-0.15, -0.1) is 0 Å². The molecule has 0 aliphatic carbocycles. The van der Waals surface area contributed by atoms with Crippen LogP contribution in [0.2, 0.25) is 0 Å². The second-order valence-corrected chi connectivity index (χ2v) is 6.25. The number of rotatable bonds is 5. The number of aliphatic hydroxyl groups is 2. The highest BCUT2D eigenvalue weighted by atomic mass is 16.3. The zero-order chi connectivity index (χ0) is 18.4. The number of aliphatic hydroxyl groups excluding tert-OH is 1. The summed E-state index contributed by atoms with van der Waals surface area (Å²) in [6.07, 6.45) is 0.660. The van der Waals surface area contributed by atoms with E-state index in [0.29, 0.717) is 17.5 Å². The maximum atomic E-state index is 12.0. The Labute approximate surface area is 147 Å². The monoisotopic (exact) mass is 336 g/mol. The minimum absolute atomic E-state index is 0.314. The lowest BCUT2D eigenvalue weighted by Gasteiger charge is -2.15. The van der Waals surface area contributed by atoms with E-state index in [2.05, 4.69) is 11.8 Å². The Hall–Kier alpha value is -2.74. The number of carbonyl (C=O) groups is 2. The van der Waals surface area contributed by atoms with Crippen LogP contribution >= 0.6 is 0 Å². The van der Waals surface area contributed by atoms with Crippen molar-refractivity contribution >= 4 is 11.6 Å². The Morgan fingerprint density at radius 2 is 1.40 bits per heavy atom. The summed E-state index contributed by atoms with van der Waals surface area (Å²) in [4.78, 5) is 23.7. The standard InChI is InChI=1S/C21H20O4/c1-21(2,25)20(24)18-11-7-16(8-12-18)14-15-5-9-17(10-6-15)19(23)4-3-13-22/h5-12,22,25H,13-14H2,1-2H3. The highest BCUT2D eigenvalue weighted by molar-refractivity contribution is 6.09. The second kappa shape index (κ2) is 7.89. The van der Waals surface area contributed by atoms with Gasteiger partial charge in [-0.05, 0) is 37.3 Å². The molecule has 2 N–H and O–H groups in total. The first-order valence-corrected chi connectivity index (χ1v) is 7.90. The van der Waals surface area contributed by atoms with Gasteiger partial charge in [-0.1, -0.05) is 54.5 Å². The van der Waals surface area contributed by atoms with E-state index in [4.69, 9.17) is 5.11 Å². The third kappa shape index (κ3) is 5.12. The quantitative estimate of drug-likeness (QED) is 0.499. The van der Waals surface area contributed by atoms with Gasteiger partial charge in [-0.2, -0.15) is 0 Å².